The number of aliphatic hydroxyl groups excluding tert-OH is 1. The predicted molar refractivity (Wildman–Crippen MR) is 83.6 cm³/mol. The van der Waals surface area contributed by atoms with Crippen LogP contribution in [0.15, 0.2) is 68.2 Å². The number of para-hydroxylation sites is 2. The van der Waals surface area contributed by atoms with Crippen molar-refractivity contribution in [1.82, 2.24) is 0 Å². The Labute approximate surface area is 125 Å². The fraction of sp³-hybridized carbons (Fsp3) is 0.0556. The largest absolute Gasteiger partial charge is 0.456 e. The van der Waals surface area contributed by atoms with Crippen molar-refractivity contribution >= 4 is 21.9 Å². The lowest BCUT2D eigenvalue weighted by Crippen LogP contribution is -2.09. The Bertz CT molecular complexity index is 1010. The zero-order valence-electron chi connectivity index (χ0n) is 11.6. The molecule has 4 aromatic rings. The first-order valence-electron chi connectivity index (χ1n) is 6.92. The fourth-order valence-corrected chi connectivity index (χ4v) is 2.72. The highest BCUT2D eigenvalue weighted by molar-refractivity contribution is 5.96. The number of aliphatic hydroxyl groups is 1. The molecule has 0 aliphatic rings. The van der Waals surface area contributed by atoms with Gasteiger partial charge in [0, 0.05) is 16.3 Å². The fourth-order valence-electron chi connectivity index (χ4n) is 2.72. The highest BCUT2D eigenvalue weighted by Crippen LogP contribution is 2.34. The van der Waals surface area contributed by atoms with Gasteiger partial charge in [-0.25, -0.2) is 4.79 Å². The molecule has 22 heavy (non-hydrogen) atoms. The lowest BCUT2D eigenvalue weighted by molar-refractivity contribution is 0.276. The summed E-state index contributed by atoms with van der Waals surface area (Å²) in [7, 11) is 0. The molecule has 2 aromatic carbocycles. The highest BCUT2D eigenvalue weighted by Gasteiger charge is 2.18. The third kappa shape index (κ3) is 1.85. The molecule has 4 nitrogen and oxygen atoms in total. The number of furan rings is 1. The molecule has 0 spiro atoms. The number of hydrogen-bond donors (Lipinski definition) is 1. The molecule has 0 fully saturated rings. The van der Waals surface area contributed by atoms with Crippen LogP contribution in [-0.4, -0.2) is 5.11 Å². The van der Waals surface area contributed by atoms with Gasteiger partial charge < -0.3 is 13.9 Å². The Kier molecular flexibility index (Phi) is 2.84. The second kappa shape index (κ2) is 4.86. The van der Waals surface area contributed by atoms with Gasteiger partial charge in [0.1, 0.15) is 16.9 Å². The number of benzene rings is 2. The van der Waals surface area contributed by atoms with Gasteiger partial charge in [-0.1, -0.05) is 36.4 Å². The van der Waals surface area contributed by atoms with Gasteiger partial charge in [0.15, 0.2) is 0 Å². The summed E-state index contributed by atoms with van der Waals surface area (Å²) < 4.78 is 11.1. The summed E-state index contributed by atoms with van der Waals surface area (Å²) >= 11 is 0. The van der Waals surface area contributed by atoms with Crippen LogP contribution >= 0.6 is 0 Å². The summed E-state index contributed by atoms with van der Waals surface area (Å²) in [5, 5.41) is 11.3. The second-order valence-electron chi connectivity index (χ2n) is 5.05. The molecular formula is C18H12O4. The van der Waals surface area contributed by atoms with E-state index in [1.54, 1.807) is 12.1 Å². The number of rotatable bonds is 2. The minimum atomic E-state index is -0.545. The Morgan fingerprint density at radius 3 is 2.41 bits per heavy atom. The van der Waals surface area contributed by atoms with E-state index in [-0.39, 0.29) is 5.56 Å². The minimum Gasteiger partial charge on any atom is -0.456 e. The van der Waals surface area contributed by atoms with Crippen LogP contribution in [0.2, 0.25) is 0 Å². The molecule has 4 heteroatoms. The van der Waals surface area contributed by atoms with E-state index in [0.717, 1.165) is 16.4 Å². The van der Waals surface area contributed by atoms with E-state index in [1.165, 1.54) is 0 Å². The molecule has 0 atom stereocenters. The predicted octanol–water partition coefficient (Wildman–Crippen LogP) is 3.70. The van der Waals surface area contributed by atoms with Crippen molar-refractivity contribution in [2.75, 3.05) is 0 Å². The molecule has 4 rings (SSSR count). The first-order valence-corrected chi connectivity index (χ1v) is 6.92. The molecule has 108 valence electrons. The third-order valence-corrected chi connectivity index (χ3v) is 3.74. The summed E-state index contributed by atoms with van der Waals surface area (Å²) in [6.45, 7) is -0.403. The van der Waals surface area contributed by atoms with Crippen LogP contribution in [0.5, 0.6) is 0 Å². The molecule has 0 radical (unpaired) electrons. The summed E-state index contributed by atoms with van der Waals surface area (Å²) in [4.78, 5) is 12.1. The summed E-state index contributed by atoms with van der Waals surface area (Å²) in [6, 6.07) is 16.7. The van der Waals surface area contributed by atoms with Gasteiger partial charge >= 0.3 is 5.63 Å². The van der Waals surface area contributed by atoms with Crippen LogP contribution in [0.3, 0.4) is 0 Å². The first-order chi connectivity index (χ1) is 10.8. The van der Waals surface area contributed by atoms with Crippen molar-refractivity contribution in [3.63, 3.8) is 0 Å². The van der Waals surface area contributed by atoms with E-state index >= 15 is 0 Å². The summed E-state index contributed by atoms with van der Waals surface area (Å²) in [5.74, 6) is 0.550. The van der Waals surface area contributed by atoms with E-state index in [9.17, 15) is 9.90 Å². The normalized spacial score (nSPS) is 11.3. The zero-order chi connectivity index (χ0) is 15.1. The van der Waals surface area contributed by atoms with Gasteiger partial charge in [0.05, 0.1) is 12.2 Å². The molecule has 0 aliphatic carbocycles. The third-order valence-electron chi connectivity index (χ3n) is 3.74. The number of fused-ring (bicyclic) bond motifs is 2. The topological polar surface area (TPSA) is 63.6 Å². The molecule has 0 saturated carbocycles. The first kappa shape index (κ1) is 12.9. The van der Waals surface area contributed by atoms with Crippen LogP contribution in [0.1, 0.15) is 5.56 Å². The van der Waals surface area contributed by atoms with Crippen molar-refractivity contribution in [1.29, 1.82) is 0 Å². The lowest BCUT2D eigenvalue weighted by atomic mass is 10.0. The minimum absolute atomic E-state index is 0.206. The smallest absolute Gasteiger partial charge is 0.342 e. The van der Waals surface area contributed by atoms with Crippen LogP contribution in [0.4, 0.5) is 0 Å². The molecule has 2 aromatic heterocycles. The SMILES string of the molecule is O=c1oc2ccccc2c(-c2cc3ccccc3o2)c1CO. The Hall–Kier alpha value is -2.85. The average molecular weight is 292 g/mol. The highest BCUT2D eigenvalue weighted by atomic mass is 16.4. The van der Waals surface area contributed by atoms with Crippen LogP contribution in [0, 0.1) is 0 Å². The Morgan fingerprint density at radius 1 is 0.909 bits per heavy atom. The lowest BCUT2D eigenvalue weighted by Gasteiger charge is -2.07. The van der Waals surface area contributed by atoms with E-state index in [0.29, 0.717) is 16.9 Å². The maximum Gasteiger partial charge on any atom is 0.342 e. The molecule has 0 saturated heterocycles. The average Bonchev–Trinajstić information content (AvgIpc) is 2.97. The monoisotopic (exact) mass is 292 g/mol. The van der Waals surface area contributed by atoms with Gasteiger partial charge in [0.2, 0.25) is 0 Å². The van der Waals surface area contributed by atoms with E-state index in [1.807, 2.05) is 42.5 Å². The van der Waals surface area contributed by atoms with E-state index in [4.69, 9.17) is 8.83 Å². The van der Waals surface area contributed by atoms with Crippen molar-refractivity contribution in [3.05, 3.63) is 70.6 Å². The number of hydrogen-bond acceptors (Lipinski definition) is 4. The van der Waals surface area contributed by atoms with Gasteiger partial charge in [-0.05, 0) is 18.2 Å². The van der Waals surface area contributed by atoms with Gasteiger partial charge in [-0.2, -0.15) is 0 Å². The van der Waals surface area contributed by atoms with Crippen LogP contribution < -0.4 is 5.63 Å². The Balaban J connectivity index is 2.14. The van der Waals surface area contributed by atoms with Crippen molar-refractivity contribution in [2.45, 2.75) is 6.61 Å². The molecular weight excluding hydrogens is 280 g/mol. The Morgan fingerprint density at radius 2 is 1.64 bits per heavy atom. The van der Waals surface area contributed by atoms with Gasteiger partial charge in [-0.3, -0.25) is 0 Å². The van der Waals surface area contributed by atoms with Crippen molar-refractivity contribution in [2.24, 2.45) is 0 Å². The molecule has 2 heterocycles. The quantitative estimate of drug-likeness (QED) is 0.572. The molecule has 0 unspecified atom stereocenters. The molecule has 0 bridgehead atoms. The molecule has 0 amide bonds. The van der Waals surface area contributed by atoms with Gasteiger partial charge in [0.25, 0.3) is 0 Å². The molecule has 0 aliphatic heterocycles. The standard InChI is InChI=1S/C18H12O4/c19-10-13-17(12-6-2-4-8-15(12)22-18(13)20)16-9-11-5-1-3-7-14(11)21-16/h1-9,19H,10H2. The maximum absolute atomic E-state index is 12.1. The summed E-state index contributed by atoms with van der Waals surface area (Å²) in [6.07, 6.45) is 0. The van der Waals surface area contributed by atoms with E-state index < -0.39 is 12.2 Å². The van der Waals surface area contributed by atoms with Crippen molar-refractivity contribution in [3.8, 4) is 11.3 Å². The maximum atomic E-state index is 12.1. The van der Waals surface area contributed by atoms with Crippen LogP contribution in [-0.2, 0) is 6.61 Å². The van der Waals surface area contributed by atoms with Gasteiger partial charge in [-0.15, -0.1) is 0 Å². The zero-order valence-corrected chi connectivity index (χ0v) is 11.6. The second-order valence-corrected chi connectivity index (χ2v) is 5.05. The molecule has 1 N–H and O–H groups in total. The van der Waals surface area contributed by atoms with Crippen LogP contribution in [0.25, 0.3) is 33.3 Å². The summed E-state index contributed by atoms with van der Waals surface area (Å²) in [5.41, 5.74) is 1.46. The van der Waals surface area contributed by atoms with E-state index in [2.05, 4.69) is 0 Å². The van der Waals surface area contributed by atoms with Crippen molar-refractivity contribution < 1.29 is 13.9 Å².